The topological polar surface area (TPSA) is 102 Å². The molecule has 0 aliphatic carbocycles. The fourth-order valence-corrected chi connectivity index (χ4v) is 1.68. The number of nitrogens with two attached hydrogens (primary N) is 1. The van der Waals surface area contributed by atoms with Gasteiger partial charge in [-0.15, -0.1) is 0 Å². The summed E-state index contributed by atoms with van der Waals surface area (Å²) in [7, 11) is 0. The van der Waals surface area contributed by atoms with E-state index in [1.807, 2.05) is 13.0 Å². The Balaban J connectivity index is 2.40. The van der Waals surface area contributed by atoms with E-state index in [1.165, 1.54) is 18.2 Å². The second-order valence-corrected chi connectivity index (χ2v) is 4.21. The van der Waals surface area contributed by atoms with Gasteiger partial charge in [-0.05, 0) is 24.6 Å². The SMILES string of the molecule is Cc1ccc(C#N)cc1Oc1cc(N)cc([N+](=O)[O-])c1. The third-order valence-corrected chi connectivity index (χ3v) is 2.67. The summed E-state index contributed by atoms with van der Waals surface area (Å²) < 4.78 is 5.59. The second-order valence-electron chi connectivity index (χ2n) is 4.21. The maximum atomic E-state index is 10.8. The Morgan fingerprint density at radius 2 is 2.05 bits per heavy atom. The van der Waals surface area contributed by atoms with Crippen molar-refractivity contribution in [1.29, 1.82) is 5.26 Å². The number of anilines is 1. The monoisotopic (exact) mass is 269 g/mol. The molecule has 0 aromatic heterocycles. The highest BCUT2D eigenvalue weighted by atomic mass is 16.6. The maximum Gasteiger partial charge on any atom is 0.275 e. The van der Waals surface area contributed by atoms with Crippen molar-refractivity contribution in [3.05, 3.63) is 57.6 Å². The zero-order valence-electron chi connectivity index (χ0n) is 10.7. The number of rotatable bonds is 3. The zero-order valence-corrected chi connectivity index (χ0v) is 10.7. The Kier molecular flexibility index (Phi) is 3.53. The molecule has 100 valence electrons. The average Bonchev–Trinajstić information content (AvgIpc) is 2.40. The minimum Gasteiger partial charge on any atom is -0.457 e. The van der Waals surface area contributed by atoms with E-state index in [2.05, 4.69) is 0 Å². The van der Waals surface area contributed by atoms with Crippen molar-refractivity contribution in [2.75, 3.05) is 5.73 Å². The van der Waals surface area contributed by atoms with E-state index in [0.29, 0.717) is 11.3 Å². The summed E-state index contributed by atoms with van der Waals surface area (Å²) in [6, 6.07) is 11.0. The molecule has 0 fully saturated rings. The lowest BCUT2D eigenvalue weighted by atomic mass is 10.1. The molecule has 0 heterocycles. The van der Waals surface area contributed by atoms with Gasteiger partial charge in [0.15, 0.2) is 0 Å². The molecule has 2 rings (SSSR count). The highest BCUT2D eigenvalue weighted by Gasteiger charge is 2.11. The fraction of sp³-hybridized carbons (Fsp3) is 0.0714. The largest absolute Gasteiger partial charge is 0.457 e. The fourth-order valence-electron chi connectivity index (χ4n) is 1.68. The summed E-state index contributed by atoms with van der Waals surface area (Å²) in [5.74, 6) is 0.721. The Morgan fingerprint density at radius 1 is 1.30 bits per heavy atom. The average molecular weight is 269 g/mol. The van der Waals surface area contributed by atoms with Crippen LogP contribution in [-0.2, 0) is 0 Å². The van der Waals surface area contributed by atoms with Crippen LogP contribution in [0.25, 0.3) is 0 Å². The van der Waals surface area contributed by atoms with Gasteiger partial charge in [0.25, 0.3) is 5.69 Å². The van der Waals surface area contributed by atoms with E-state index < -0.39 is 4.92 Å². The minimum absolute atomic E-state index is 0.144. The van der Waals surface area contributed by atoms with E-state index >= 15 is 0 Å². The van der Waals surface area contributed by atoms with Crippen molar-refractivity contribution in [1.82, 2.24) is 0 Å². The smallest absolute Gasteiger partial charge is 0.275 e. The Hall–Kier alpha value is -3.07. The lowest BCUT2D eigenvalue weighted by Gasteiger charge is -2.09. The van der Waals surface area contributed by atoms with Gasteiger partial charge in [0.2, 0.25) is 0 Å². The molecule has 2 aromatic rings. The van der Waals surface area contributed by atoms with Gasteiger partial charge in [-0.1, -0.05) is 6.07 Å². The number of benzene rings is 2. The first-order valence-corrected chi connectivity index (χ1v) is 5.73. The summed E-state index contributed by atoms with van der Waals surface area (Å²) in [4.78, 5) is 10.2. The molecule has 0 saturated carbocycles. The Labute approximate surface area is 115 Å². The highest BCUT2D eigenvalue weighted by molar-refractivity contribution is 5.55. The molecular formula is C14H11N3O3. The third kappa shape index (κ3) is 2.84. The van der Waals surface area contributed by atoms with Crippen LogP contribution in [0.2, 0.25) is 0 Å². The number of nitriles is 1. The Morgan fingerprint density at radius 3 is 2.70 bits per heavy atom. The van der Waals surface area contributed by atoms with Crippen LogP contribution in [0.3, 0.4) is 0 Å². The van der Waals surface area contributed by atoms with Crippen LogP contribution >= 0.6 is 0 Å². The van der Waals surface area contributed by atoms with Crippen LogP contribution in [0.4, 0.5) is 11.4 Å². The highest BCUT2D eigenvalue weighted by Crippen LogP contribution is 2.30. The summed E-state index contributed by atoms with van der Waals surface area (Å²) in [6.45, 7) is 1.82. The molecular weight excluding hydrogens is 258 g/mol. The first-order valence-electron chi connectivity index (χ1n) is 5.73. The van der Waals surface area contributed by atoms with Gasteiger partial charge in [-0.25, -0.2) is 0 Å². The first kappa shape index (κ1) is 13.4. The molecule has 0 amide bonds. The molecule has 6 nitrogen and oxygen atoms in total. The van der Waals surface area contributed by atoms with Gasteiger partial charge < -0.3 is 10.5 Å². The van der Waals surface area contributed by atoms with Crippen molar-refractivity contribution in [3.63, 3.8) is 0 Å². The van der Waals surface area contributed by atoms with Gasteiger partial charge in [0.05, 0.1) is 22.6 Å². The standard InChI is InChI=1S/C14H11N3O3/c1-9-2-3-10(8-15)4-14(9)20-13-6-11(16)5-12(7-13)17(18)19/h2-7H,16H2,1H3. The van der Waals surface area contributed by atoms with Crippen molar-refractivity contribution >= 4 is 11.4 Å². The lowest BCUT2D eigenvalue weighted by molar-refractivity contribution is -0.384. The van der Waals surface area contributed by atoms with Gasteiger partial charge in [-0.3, -0.25) is 10.1 Å². The Bertz CT molecular complexity index is 720. The molecule has 0 unspecified atom stereocenters. The van der Waals surface area contributed by atoms with E-state index in [1.54, 1.807) is 18.2 Å². The molecule has 0 aliphatic rings. The van der Waals surface area contributed by atoms with Gasteiger partial charge in [0, 0.05) is 17.8 Å². The summed E-state index contributed by atoms with van der Waals surface area (Å²) in [5.41, 5.74) is 6.97. The molecule has 0 bridgehead atoms. The first-order chi connectivity index (χ1) is 9.49. The van der Waals surface area contributed by atoms with E-state index in [0.717, 1.165) is 5.56 Å². The molecule has 6 heteroatoms. The van der Waals surface area contributed by atoms with Crippen molar-refractivity contribution in [2.24, 2.45) is 0 Å². The van der Waals surface area contributed by atoms with Crippen LogP contribution in [0.5, 0.6) is 11.5 Å². The molecule has 20 heavy (non-hydrogen) atoms. The summed E-state index contributed by atoms with van der Waals surface area (Å²) in [6.07, 6.45) is 0. The normalized spacial score (nSPS) is 9.80. The minimum atomic E-state index is -0.540. The van der Waals surface area contributed by atoms with Crippen LogP contribution in [-0.4, -0.2) is 4.92 Å². The number of nitrogens with zero attached hydrogens (tertiary/aromatic N) is 2. The predicted molar refractivity (Wildman–Crippen MR) is 73.5 cm³/mol. The maximum absolute atomic E-state index is 10.8. The van der Waals surface area contributed by atoms with Crippen LogP contribution in [0.15, 0.2) is 36.4 Å². The number of hydrogen-bond donors (Lipinski definition) is 1. The number of aryl methyl sites for hydroxylation is 1. The van der Waals surface area contributed by atoms with E-state index in [-0.39, 0.29) is 17.1 Å². The van der Waals surface area contributed by atoms with Crippen molar-refractivity contribution in [3.8, 4) is 17.6 Å². The number of nitrogen functional groups attached to an aromatic ring is 1. The lowest BCUT2D eigenvalue weighted by Crippen LogP contribution is -1.94. The molecule has 2 N–H and O–H groups in total. The van der Waals surface area contributed by atoms with Crippen molar-refractivity contribution < 1.29 is 9.66 Å². The zero-order chi connectivity index (χ0) is 14.7. The quantitative estimate of drug-likeness (QED) is 0.523. The van der Waals surface area contributed by atoms with Crippen LogP contribution < -0.4 is 10.5 Å². The molecule has 0 atom stereocenters. The van der Waals surface area contributed by atoms with Crippen molar-refractivity contribution in [2.45, 2.75) is 6.92 Å². The summed E-state index contributed by atoms with van der Waals surface area (Å²) >= 11 is 0. The molecule has 0 radical (unpaired) electrons. The molecule has 0 spiro atoms. The number of nitro groups is 1. The van der Waals surface area contributed by atoms with E-state index in [9.17, 15) is 10.1 Å². The van der Waals surface area contributed by atoms with Gasteiger partial charge in [-0.2, -0.15) is 5.26 Å². The summed E-state index contributed by atoms with van der Waals surface area (Å²) in [5, 5.41) is 19.6. The molecule has 0 aliphatic heterocycles. The van der Waals surface area contributed by atoms with Gasteiger partial charge in [0.1, 0.15) is 11.5 Å². The van der Waals surface area contributed by atoms with Crippen LogP contribution in [0.1, 0.15) is 11.1 Å². The number of hydrogen-bond acceptors (Lipinski definition) is 5. The van der Waals surface area contributed by atoms with E-state index in [4.69, 9.17) is 15.7 Å². The third-order valence-electron chi connectivity index (χ3n) is 2.67. The van der Waals surface area contributed by atoms with Crippen LogP contribution in [0, 0.1) is 28.4 Å². The van der Waals surface area contributed by atoms with Gasteiger partial charge >= 0.3 is 0 Å². The molecule has 2 aromatic carbocycles. The predicted octanol–water partition coefficient (Wildman–Crippen LogP) is 3.15. The number of nitro benzene ring substituents is 1. The number of ether oxygens (including phenoxy) is 1. The number of non-ortho nitro benzene ring substituents is 1. The molecule has 0 saturated heterocycles. The second kappa shape index (κ2) is 5.28.